The molecule has 1 heterocycles. The van der Waals surface area contributed by atoms with Crippen LogP contribution in [0.3, 0.4) is 0 Å². The Bertz CT molecular complexity index is 600. The molecule has 2 bridgehead atoms. The number of ether oxygens (including phenoxy) is 1. The number of rotatable bonds is 3. The molecule has 1 N–H and O–H groups in total. The number of carboxylic acids is 1. The van der Waals surface area contributed by atoms with Crippen molar-refractivity contribution in [2.75, 3.05) is 0 Å². The van der Waals surface area contributed by atoms with Gasteiger partial charge in [-0.2, -0.15) is 0 Å². The predicted octanol–water partition coefficient (Wildman–Crippen LogP) is 3.41. The van der Waals surface area contributed by atoms with Crippen molar-refractivity contribution < 1.29 is 19.0 Å². The summed E-state index contributed by atoms with van der Waals surface area (Å²) in [7, 11) is 0. The Morgan fingerprint density at radius 3 is 2.95 bits per heavy atom. The van der Waals surface area contributed by atoms with E-state index in [1.54, 1.807) is 6.07 Å². The molecule has 4 heteroatoms. The van der Waals surface area contributed by atoms with Gasteiger partial charge in [0, 0.05) is 18.4 Å². The lowest BCUT2D eigenvalue weighted by Crippen LogP contribution is -2.40. The third kappa shape index (κ3) is 1.95. The Morgan fingerprint density at radius 2 is 2.29 bits per heavy atom. The maximum Gasteiger partial charge on any atom is 0.310 e. The van der Waals surface area contributed by atoms with Gasteiger partial charge in [0.25, 0.3) is 0 Å². The van der Waals surface area contributed by atoms with Crippen LogP contribution >= 0.6 is 0 Å². The second kappa shape index (κ2) is 4.46. The van der Waals surface area contributed by atoms with Crippen LogP contribution in [0.4, 0.5) is 4.39 Å². The van der Waals surface area contributed by atoms with Crippen LogP contribution in [0.1, 0.15) is 37.7 Å². The van der Waals surface area contributed by atoms with E-state index in [1.807, 2.05) is 0 Å². The largest absolute Gasteiger partial charge is 0.490 e. The Labute approximate surface area is 123 Å². The molecule has 2 fully saturated rings. The van der Waals surface area contributed by atoms with Crippen LogP contribution in [0.25, 0.3) is 0 Å². The predicted molar refractivity (Wildman–Crippen MR) is 74.7 cm³/mol. The first-order valence-electron chi connectivity index (χ1n) is 7.75. The highest BCUT2D eigenvalue weighted by Crippen LogP contribution is 2.58. The Kier molecular flexibility index (Phi) is 2.78. The minimum absolute atomic E-state index is 0.128. The highest BCUT2D eigenvalue weighted by Gasteiger charge is 2.57. The van der Waals surface area contributed by atoms with E-state index >= 15 is 0 Å². The van der Waals surface area contributed by atoms with Crippen molar-refractivity contribution in [1.29, 1.82) is 0 Å². The summed E-state index contributed by atoms with van der Waals surface area (Å²) in [5.74, 6) is 0.660. The van der Waals surface area contributed by atoms with Gasteiger partial charge in [0.1, 0.15) is 17.7 Å². The van der Waals surface area contributed by atoms with Crippen molar-refractivity contribution in [3.8, 4) is 5.75 Å². The van der Waals surface area contributed by atoms with Crippen molar-refractivity contribution in [3.63, 3.8) is 0 Å². The molecule has 4 rings (SSSR count). The van der Waals surface area contributed by atoms with E-state index in [2.05, 4.69) is 0 Å². The Morgan fingerprint density at radius 1 is 1.43 bits per heavy atom. The molecule has 3 aliphatic rings. The maximum absolute atomic E-state index is 13.3. The van der Waals surface area contributed by atoms with E-state index in [0.29, 0.717) is 30.4 Å². The number of halogens is 1. The summed E-state index contributed by atoms with van der Waals surface area (Å²) < 4.78 is 19.1. The molecule has 2 aliphatic carbocycles. The molecular weight excluding hydrogens is 271 g/mol. The summed E-state index contributed by atoms with van der Waals surface area (Å²) in [6, 6.07) is 4.55. The molecule has 0 amide bonds. The minimum Gasteiger partial charge on any atom is -0.490 e. The van der Waals surface area contributed by atoms with E-state index < -0.39 is 11.4 Å². The van der Waals surface area contributed by atoms with Crippen molar-refractivity contribution in [3.05, 3.63) is 29.6 Å². The van der Waals surface area contributed by atoms with Gasteiger partial charge in [-0.25, -0.2) is 4.39 Å². The van der Waals surface area contributed by atoms with Crippen LogP contribution in [0.5, 0.6) is 5.75 Å². The first kappa shape index (κ1) is 13.1. The molecule has 4 atom stereocenters. The first-order valence-corrected chi connectivity index (χ1v) is 7.75. The molecule has 112 valence electrons. The quantitative estimate of drug-likeness (QED) is 0.928. The molecule has 3 nitrogen and oxygen atoms in total. The van der Waals surface area contributed by atoms with Crippen molar-refractivity contribution in [1.82, 2.24) is 0 Å². The number of benzene rings is 1. The van der Waals surface area contributed by atoms with E-state index in [9.17, 15) is 14.3 Å². The SMILES string of the molecule is O=C(O)C1(CC2Cc3cc(F)ccc3O2)CC2CCC1C2. The zero-order chi connectivity index (χ0) is 14.6. The molecule has 1 aromatic rings. The number of fused-ring (bicyclic) bond motifs is 3. The summed E-state index contributed by atoms with van der Waals surface area (Å²) in [6.45, 7) is 0. The molecule has 0 radical (unpaired) electrons. The normalized spacial score (nSPS) is 36.5. The molecular formula is C17H19FO3. The molecule has 2 saturated carbocycles. The average Bonchev–Trinajstić information content (AvgIpc) is 3.11. The Balaban J connectivity index is 1.55. The van der Waals surface area contributed by atoms with E-state index in [0.717, 1.165) is 24.8 Å². The number of hydrogen-bond acceptors (Lipinski definition) is 2. The number of hydrogen-bond donors (Lipinski definition) is 1. The standard InChI is InChI=1S/C17H19FO3/c18-13-3-4-15-11(6-13)7-14(21-15)9-17(16(19)20)8-10-1-2-12(17)5-10/h3-4,6,10,12,14H,1-2,5,7-9H2,(H,19,20). The summed E-state index contributed by atoms with van der Waals surface area (Å²) >= 11 is 0. The molecule has 4 unspecified atom stereocenters. The zero-order valence-electron chi connectivity index (χ0n) is 11.8. The number of carbonyl (C=O) groups is 1. The van der Waals surface area contributed by atoms with Gasteiger partial charge < -0.3 is 9.84 Å². The third-order valence-corrected chi connectivity index (χ3v) is 5.76. The van der Waals surface area contributed by atoms with Crippen molar-refractivity contribution in [2.24, 2.45) is 17.3 Å². The topological polar surface area (TPSA) is 46.5 Å². The first-order chi connectivity index (χ1) is 10.1. The summed E-state index contributed by atoms with van der Waals surface area (Å²) in [6.07, 6.45) is 5.11. The highest BCUT2D eigenvalue weighted by molar-refractivity contribution is 5.76. The molecule has 0 saturated heterocycles. The smallest absolute Gasteiger partial charge is 0.310 e. The van der Waals surface area contributed by atoms with Crippen LogP contribution in [-0.4, -0.2) is 17.2 Å². The second-order valence-electron chi connectivity index (χ2n) is 6.94. The molecule has 0 spiro atoms. The van der Waals surface area contributed by atoms with Crippen LogP contribution < -0.4 is 4.74 Å². The molecule has 0 aromatic heterocycles. The van der Waals surface area contributed by atoms with Gasteiger partial charge in [-0.15, -0.1) is 0 Å². The molecule has 1 aliphatic heterocycles. The van der Waals surface area contributed by atoms with E-state index in [4.69, 9.17) is 4.74 Å². The van der Waals surface area contributed by atoms with E-state index in [-0.39, 0.29) is 11.9 Å². The van der Waals surface area contributed by atoms with Crippen LogP contribution in [0.2, 0.25) is 0 Å². The highest BCUT2D eigenvalue weighted by atomic mass is 19.1. The number of aliphatic carboxylic acids is 1. The van der Waals surface area contributed by atoms with Crippen molar-refractivity contribution in [2.45, 2.75) is 44.6 Å². The Hall–Kier alpha value is -1.58. The lowest BCUT2D eigenvalue weighted by Gasteiger charge is -2.35. The van der Waals surface area contributed by atoms with Crippen LogP contribution in [-0.2, 0) is 11.2 Å². The fourth-order valence-electron chi connectivity index (χ4n) is 4.85. The van der Waals surface area contributed by atoms with Crippen molar-refractivity contribution >= 4 is 5.97 Å². The lowest BCUT2D eigenvalue weighted by molar-refractivity contribution is -0.154. The van der Waals surface area contributed by atoms with Gasteiger partial charge in [0.05, 0.1) is 5.41 Å². The second-order valence-corrected chi connectivity index (χ2v) is 6.94. The van der Waals surface area contributed by atoms with Crippen LogP contribution in [0.15, 0.2) is 18.2 Å². The molecule has 1 aromatic carbocycles. The van der Waals surface area contributed by atoms with Gasteiger partial charge in [-0.1, -0.05) is 6.42 Å². The number of carboxylic acid groups (broad SMARTS) is 1. The average molecular weight is 290 g/mol. The minimum atomic E-state index is -0.666. The van der Waals surface area contributed by atoms with Gasteiger partial charge >= 0.3 is 5.97 Å². The lowest BCUT2D eigenvalue weighted by atomic mass is 9.69. The van der Waals surface area contributed by atoms with Gasteiger partial charge in [0.15, 0.2) is 0 Å². The maximum atomic E-state index is 13.3. The summed E-state index contributed by atoms with van der Waals surface area (Å²) in [5.41, 5.74) is 0.248. The van der Waals surface area contributed by atoms with Crippen LogP contribution in [0, 0.1) is 23.1 Å². The fraction of sp³-hybridized carbons (Fsp3) is 0.588. The molecule has 21 heavy (non-hydrogen) atoms. The fourth-order valence-corrected chi connectivity index (χ4v) is 4.85. The van der Waals surface area contributed by atoms with E-state index in [1.165, 1.54) is 18.6 Å². The monoisotopic (exact) mass is 290 g/mol. The van der Waals surface area contributed by atoms with Gasteiger partial charge in [0.2, 0.25) is 0 Å². The zero-order valence-corrected chi connectivity index (χ0v) is 11.8. The van der Waals surface area contributed by atoms with Gasteiger partial charge in [-0.3, -0.25) is 4.79 Å². The summed E-state index contributed by atoms with van der Waals surface area (Å²) in [5, 5.41) is 9.79. The third-order valence-electron chi connectivity index (χ3n) is 5.76. The summed E-state index contributed by atoms with van der Waals surface area (Å²) in [4.78, 5) is 11.9. The van der Waals surface area contributed by atoms with Gasteiger partial charge in [-0.05, 0) is 49.3 Å².